The predicted molar refractivity (Wildman–Crippen MR) is 75.5 cm³/mol. The molecule has 0 spiro atoms. The average molecular weight is 325 g/mol. The van der Waals surface area contributed by atoms with Crippen LogP contribution in [0.3, 0.4) is 0 Å². The lowest BCUT2D eigenvalue weighted by molar-refractivity contribution is -0.151. The number of anilines is 2. The summed E-state index contributed by atoms with van der Waals surface area (Å²) >= 11 is 2.18. The summed E-state index contributed by atoms with van der Waals surface area (Å²) in [5.41, 5.74) is 4.20. The zero-order valence-corrected chi connectivity index (χ0v) is 12.5. The van der Waals surface area contributed by atoms with E-state index in [1.54, 1.807) is 6.26 Å². The van der Waals surface area contributed by atoms with Crippen molar-refractivity contribution in [2.45, 2.75) is 29.5 Å². The lowest BCUT2D eigenvalue weighted by atomic mass is 10.2. The lowest BCUT2D eigenvalue weighted by Crippen LogP contribution is -2.38. The second-order valence-corrected chi connectivity index (χ2v) is 6.33. The van der Waals surface area contributed by atoms with E-state index in [9.17, 15) is 18.0 Å². The van der Waals surface area contributed by atoms with Gasteiger partial charge in [-0.25, -0.2) is 0 Å². The molecule has 0 radical (unpaired) electrons. The van der Waals surface area contributed by atoms with Gasteiger partial charge in [-0.15, -0.1) is 23.1 Å². The van der Waals surface area contributed by atoms with Crippen LogP contribution in [0.1, 0.15) is 22.5 Å². The van der Waals surface area contributed by atoms with Crippen molar-refractivity contribution < 1.29 is 18.0 Å². The number of rotatable bonds is 4. The van der Waals surface area contributed by atoms with Crippen LogP contribution in [0.4, 0.5) is 23.9 Å². The van der Waals surface area contributed by atoms with Gasteiger partial charge in [0.15, 0.2) is 0 Å². The van der Waals surface area contributed by atoms with E-state index in [0.29, 0.717) is 9.90 Å². The first-order valence-electron chi connectivity index (χ1n) is 5.79. The van der Waals surface area contributed by atoms with Crippen LogP contribution in [0.5, 0.6) is 0 Å². The van der Waals surface area contributed by atoms with Crippen molar-refractivity contribution in [3.63, 3.8) is 0 Å². The summed E-state index contributed by atoms with van der Waals surface area (Å²) in [6.07, 6.45) is -2.52. The van der Waals surface area contributed by atoms with Gasteiger partial charge >= 0.3 is 6.18 Å². The smallest absolute Gasteiger partial charge is 0.396 e. The lowest BCUT2D eigenvalue weighted by Gasteiger charge is -2.21. The minimum atomic E-state index is -4.31. The fraction of sp³-hybridized carbons (Fsp3) is 0.545. The van der Waals surface area contributed by atoms with E-state index >= 15 is 0 Å². The molecule has 0 aromatic carbocycles. The molecule has 9 heteroatoms. The fourth-order valence-electron chi connectivity index (χ4n) is 1.82. The highest BCUT2D eigenvalue weighted by atomic mass is 32.2. The zero-order valence-electron chi connectivity index (χ0n) is 10.9. The highest BCUT2D eigenvalue weighted by molar-refractivity contribution is 7.99. The molecule has 0 atom stereocenters. The second-order valence-electron chi connectivity index (χ2n) is 4.49. The topological polar surface area (TPSA) is 67.2 Å². The van der Waals surface area contributed by atoms with Gasteiger partial charge in [-0.2, -0.15) is 13.2 Å². The molecule has 1 saturated carbocycles. The third-order valence-electron chi connectivity index (χ3n) is 3.18. The molecule has 4 N–H and O–H groups in total. The number of hydrogen-bond donors (Lipinski definition) is 3. The molecule has 1 aliphatic rings. The molecule has 1 aliphatic carbocycles. The van der Waals surface area contributed by atoms with Gasteiger partial charge in [-0.1, -0.05) is 0 Å². The maximum absolute atomic E-state index is 13.0. The summed E-state index contributed by atoms with van der Waals surface area (Å²) in [5.74, 6) is -0.396. The number of nitrogens with one attached hydrogen (secondary N) is 2. The molecule has 0 aliphatic heterocycles. The number of thioether (sulfide) groups is 1. The average Bonchev–Trinajstić information content (AvgIpc) is 3.09. The number of carbonyl (C=O) groups is 1. The summed E-state index contributed by atoms with van der Waals surface area (Å²) in [4.78, 5) is 12.4. The number of carbonyl (C=O) groups excluding carboxylic acids is 1. The second kappa shape index (κ2) is 5.03. The standard InChI is InChI=1S/C11H14F3N3OS2/c1-16-8(18)6-5(15)7(19-2)9(20-6)17-10(3-4-10)11(12,13)14/h17H,3-4,15H2,1-2H3,(H,16,18). The Hall–Kier alpha value is -1.09. The Balaban J connectivity index is 2.36. The van der Waals surface area contributed by atoms with E-state index in [2.05, 4.69) is 10.6 Å². The van der Waals surface area contributed by atoms with Crippen molar-refractivity contribution >= 4 is 39.7 Å². The van der Waals surface area contributed by atoms with Gasteiger partial charge < -0.3 is 16.4 Å². The van der Waals surface area contributed by atoms with Crippen LogP contribution in [-0.4, -0.2) is 30.9 Å². The minimum absolute atomic E-state index is 0.0391. The number of halogens is 3. The molecule has 1 fully saturated rings. The zero-order chi connectivity index (χ0) is 15.1. The first-order valence-corrected chi connectivity index (χ1v) is 7.83. The minimum Gasteiger partial charge on any atom is -0.396 e. The summed E-state index contributed by atoms with van der Waals surface area (Å²) in [5, 5.41) is 5.28. The van der Waals surface area contributed by atoms with Crippen LogP contribution in [-0.2, 0) is 0 Å². The van der Waals surface area contributed by atoms with Crippen LogP contribution in [0.2, 0.25) is 0 Å². The third kappa shape index (κ3) is 2.44. The number of nitrogen functional groups attached to an aromatic ring is 1. The normalized spacial score (nSPS) is 16.9. The molecule has 1 aromatic heterocycles. The van der Waals surface area contributed by atoms with Crippen LogP contribution >= 0.6 is 23.1 Å². The molecule has 20 heavy (non-hydrogen) atoms. The van der Waals surface area contributed by atoms with Gasteiger partial charge in [0.25, 0.3) is 5.91 Å². The molecule has 2 rings (SSSR count). The predicted octanol–water partition coefficient (Wildman–Crippen LogP) is 2.92. The van der Waals surface area contributed by atoms with Gasteiger partial charge in [-0.05, 0) is 19.1 Å². The molecule has 1 heterocycles. The van der Waals surface area contributed by atoms with Gasteiger partial charge in [0.05, 0.1) is 10.6 Å². The Morgan fingerprint density at radius 1 is 1.45 bits per heavy atom. The number of nitrogens with two attached hydrogens (primary N) is 1. The first-order chi connectivity index (χ1) is 9.25. The van der Waals surface area contributed by atoms with Gasteiger partial charge in [-0.3, -0.25) is 4.79 Å². The number of alkyl halides is 3. The molecular weight excluding hydrogens is 311 g/mol. The molecule has 1 aromatic rings. The molecular formula is C11H14F3N3OS2. The van der Waals surface area contributed by atoms with E-state index < -0.39 is 17.6 Å². The number of hydrogen-bond acceptors (Lipinski definition) is 5. The summed E-state index contributed by atoms with van der Waals surface area (Å²) < 4.78 is 38.9. The molecule has 4 nitrogen and oxygen atoms in total. The van der Waals surface area contributed by atoms with Gasteiger partial charge in [0.2, 0.25) is 0 Å². The van der Waals surface area contributed by atoms with Crippen LogP contribution in [0.25, 0.3) is 0 Å². The molecule has 0 bridgehead atoms. The molecule has 112 valence electrons. The fourth-order valence-corrected chi connectivity index (χ4v) is 3.88. The van der Waals surface area contributed by atoms with Crippen LogP contribution < -0.4 is 16.4 Å². The van der Waals surface area contributed by atoms with E-state index in [4.69, 9.17) is 5.73 Å². The van der Waals surface area contributed by atoms with Crippen LogP contribution in [0.15, 0.2) is 4.90 Å². The summed E-state index contributed by atoms with van der Waals surface area (Å²) in [6, 6.07) is 0. The summed E-state index contributed by atoms with van der Waals surface area (Å²) in [7, 11) is 1.45. The molecule has 0 unspecified atom stereocenters. The maximum Gasteiger partial charge on any atom is 0.411 e. The monoisotopic (exact) mass is 325 g/mol. The largest absolute Gasteiger partial charge is 0.411 e. The van der Waals surface area contributed by atoms with E-state index in [1.165, 1.54) is 18.8 Å². The van der Waals surface area contributed by atoms with E-state index in [1.807, 2.05) is 0 Å². The molecule has 0 saturated heterocycles. The number of amides is 1. The Morgan fingerprint density at radius 2 is 2.05 bits per heavy atom. The third-order valence-corrected chi connectivity index (χ3v) is 5.26. The highest BCUT2D eigenvalue weighted by Gasteiger charge is 2.63. The van der Waals surface area contributed by atoms with Crippen LogP contribution in [0, 0.1) is 0 Å². The van der Waals surface area contributed by atoms with Gasteiger partial charge in [0.1, 0.15) is 15.4 Å². The Bertz CT molecular complexity index is 538. The van der Waals surface area contributed by atoms with Crippen molar-refractivity contribution in [1.29, 1.82) is 0 Å². The Labute approximate surface area is 122 Å². The Kier molecular flexibility index (Phi) is 3.85. The SMILES string of the molecule is CNC(=O)c1sc(NC2(C(F)(F)F)CC2)c(SC)c1N. The Morgan fingerprint density at radius 3 is 2.45 bits per heavy atom. The van der Waals surface area contributed by atoms with Crippen molar-refractivity contribution in [2.24, 2.45) is 0 Å². The highest BCUT2D eigenvalue weighted by Crippen LogP contribution is 2.54. The first kappa shape index (κ1) is 15.3. The van der Waals surface area contributed by atoms with E-state index in [-0.39, 0.29) is 23.4 Å². The van der Waals surface area contributed by atoms with Crippen molar-refractivity contribution in [1.82, 2.24) is 5.32 Å². The quantitative estimate of drug-likeness (QED) is 0.745. The maximum atomic E-state index is 13.0. The number of thiophene rings is 1. The summed E-state index contributed by atoms with van der Waals surface area (Å²) in [6.45, 7) is 0. The van der Waals surface area contributed by atoms with Gasteiger partial charge in [0, 0.05) is 7.05 Å². The van der Waals surface area contributed by atoms with Crippen molar-refractivity contribution in [3.8, 4) is 0 Å². The van der Waals surface area contributed by atoms with E-state index in [0.717, 1.165) is 11.3 Å². The van der Waals surface area contributed by atoms with Crippen molar-refractivity contribution in [3.05, 3.63) is 4.88 Å². The molecule has 1 amide bonds. The van der Waals surface area contributed by atoms with Crippen molar-refractivity contribution in [2.75, 3.05) is 24.4 Å².